The number of nitrogens with zero attached hydrogens (tertiary/aromatic N) is 1. The van der Waals surface area contributed by atoms with E-state index < -0.39 is 11.8 Å². The number of rotatable bonds is 5. The lowest BCUT2D eigenvalue weighted by Crippen LogP contribution is -2.33. The minimum atomic E-state index is -1.22. The molecule has 0 saturated carbocycles. The highest BCUT2D eigenvalue weighted by molar-refractivity contribution is 6.00. The molecular formula is C14H20FN3O2. The quantitative estimate of drug-likeness (QED) is 0.719. The van der Waals surface area contributed by atoms with Gasteiger partial charge in [-0.1, -0.05) is 6.42 Å². The first-order valence-corrected chi connectivity index (χ1v) is 6.87. The summed E-state index contributed by atoms with van der Waals surface area (Å²) in [6.45, 7) is 3.62. The van der Waals surface area contributed by atoms with Crippen LogP contribution in [0.1, 0.15) is 29.6 Å². The van der Waals surface area contributed by atoms with Gasteiger partial charge in [0.25, 0.3) is 0 Å². The zero-order chi connectivity index (χ0) is 14.5. The number of halogens is 1. The summed E-state index contributed by atoms with van der Waals surface area (Å²) < 4.78 is 13.3. The predicted molar refractivity (Wildman–Crippen MR) is 76.6 cm³/mol. The molecule has 0 atom stereocenters. The minimum absolute atomic E-state index is 0.191. The minimum Gasteiger partial charge on any atom is -0.478 e. The van der Waals surface area contributed by atoms with Crippen LogP contribution in [-0.4, -0.2) is 42.2 Å². The molecule has 4 N–H and O–H groups in total. The molecule has 6 heteroatoms. The molecular weight excluding hydrogens is 261 g/mol. The van der Waals surface area contributed by atoms with Crippen molar-refractivity contribution in [2.75, 3.05) is 37.2 Å². The highest BCUT2D eigenvalue weighted by atomic mass is 19.1. The Balaban J connectivity index is 1.98. The monoisotopic (exact) mass is 281 g/mol. The van der Waals surface area contributed by atoms with Crippen molar-refractivity contribution in [1.82, 2.24) is 4.90 Å². The molecule has 1 aromatic rings. The fourth-order valence-electron chi connectivity index (χ4n) is 2.50. The molecule has 2 rings (SSSR count). The van der Waals surface area contributed by atoms with Gasteiger partial charge in [0.1, 0.15) is 11.4 Å². The number of aromatic carboxylic acids is 1. The van der Waals surface area contributed by atoms with Gasteiger partial charge in [-0.3, -0.25) is 0 Å². The number of benzene rings is 1. The number of carbonyl (C=O) groups is 1. The maximum Gasteiger partial charge on any atom is 0.340 e. The molecule has 0 unspecified atom stereocenters. The Hall–Kier alpha value is -1.82. The van der Waals surface area contributed by atoms with Crippen molar-refractivity contribution >= 4 is 17.3 Å². The van der Waals surface area contributed by atoms with Crippen molar-refractivity contribution in [3.8, 4) is 0 Å². The Kier molecular flexibility index (Phi) is 4.79. The zero-order valence-corrected chi connectivity index (χ0v) is 11.4. The van der Waals surface area contributed by atoms with Gasteiger partial charge in [-0.25, -0.2) is 9.18 Å². The molecule has 20 heavy (non-hydrogen) atoms. The molecule has 1 heterocycles. The van der Waals surface area contributed by atoms with E-state index >= 15 is 0 Å². The third-order valence-electron chi connectivity index (χ3n) is 3.60. The normalized spacial score (nSPS) is 16.1. The Labute approximate surface area is 117 Å². The van der Waals surface area contributed by atoms with Gasteiger partial charge in [-0.05, 0) is 38.1 Å². The summed E-state index contributed by atoms with van der Waals surface area (Å²) in [7, 11) is 0. The molecule has 0 radical (unpaired) electrons. The third-order valence-corrected chi connectivity index (χ3v) is 3.60. The molecule has 1 fully saturated rings. The first-order valence-electron chi connectivity index (χ1n) is 6.87. The predicted octanol–water partition coefficient (Wildman–Crippen LogP) is 2.00. The highest BCUT2D eigenvalue weighted by Crippen LogP contribution is 2.25. The summed E-state index contributed by atoms with van der Waals surface area (Å²) in [5.41, 5.74) is 5.35. The molecule has 1 aliphatic rings. The van der Waals surface area contributed by atoms with E-state index in [9.17, 15) is 9.18 Å². The number of carboxylic acids is 1. The number of hydrogen-bond donors (Lipinski definition) is 3. The van der Waals surface area contributed by atoms with Gasteiger partial charge in [-0.2, -0.15) is 0 Å². The van der Waals surface area contributed by atoms with E-state index in [1.165, 1.54) is 31.4 Å². The third kappa shape index (κ3) is 3.39. The first-order chi connectivity index (χ1) is 9.59. The average Bonchev–Trinajstić information content (AvgIpc) is 2.43. The first kappa shape index (κ1) is 14.6. The van der Waals surface area contributed by atoms with Crippen LogP contribution in [0.5, 0.6) is 0 Å². The summed E-state index contributed by atoms with van der Waals surface area (Å²) in [5.74, 6) is -1.92. The lowest BCUT2D eigenvalue weighted by Gasteiger charge is -2.26. The number of nitrogens with one attached hydrogen (secondary N) is 1. The van der Waals surface area contributed by atoms with Gasteiger partial charge in [-0.15, -0.1) is 0 Å². The van der Waals surface area contributed by atoms with Gasteiger partial charge >= 0.3 is 5.97 Å². The van der Waals surface area contributed by atoms with Crippen molar-refractivity contribution in [2.24, 2.45) is 0 Å². The van der Waals surface area contributed by atoms with Crippen molar-refractivity contribution in [3.05, 3.63) is 23.5 Å². The van der Waals surface area contributed by atoms with Gasteiger partial charge in [0.15, 0.2) is 0 Å². The summed E-state index contributed by atoms with van der Waals surface area (Å²) >= 11 is 0. The van der Waals surface area contributed by atoms with E-state index in [4.69, 9.17) is 10.8 Å². The van der Waals surface area contributed by atoms with E-state index in [1.54, 1.807) is 0 Å². The molecule has 1 aliphatic heterocycles. The van der Waals surface area contributed by atoms with Crippen molar-refractivity contribution < 1.29 is 14.3 Å². The summed E-state index contributed by atoms with van der Waals surface area (Å²) in [6.07, 6.45) is 3.70. The van der Waals surface area contributed by atoms with Crippen LogP contribution in [-0.2, 0) is 0 Å². The topological polar surface area (TPSA) is 78.6 Å². The number of nitrogen functional groups attached to an aromatic ring is 1. The molecule has 110 valence electrons. The smallest absolute Gasteiger partial charge is 0.340 e. The Morgan fingerprint density at radius 3 is 2.70 bits per heavy atom. The number of piperidine rings is 1. The highest BCUT2D eigenvalue weighted by Gasteiger charge is 2.17. The lowest BCUT2D eigenvalue weighted by molar-refractivity contribution is 0.0698. The number of carboxylic acid groups (broad SMARTS) is 1. The number of nitrogens with two attached hydrogens (primary N) is 1. The molecule has 1 saturated heterocycles. The van der Waals surface area contributed by atoms with E-state index in [-0.39, 0.29) is 11.3 Å². The van der Waals surface area contributed by atoms with E-state index in [0.29, 0.717) is 12.2 Å². The Morgan fingerprint density at radius 1 is 1.35 bits per heavy atom. The van der Waals surface area contributed by atoms with Crippen LogP contribution < -0.4 is 11.1 Å². The van der Waals surface area contributed by atoms with Gasteiger partial charge in [0.05, 0.1) is 11.4 Å². The van der Waals surface area contributed by atoms with Gasteiger partial charge in [0.2, 0.25) is 0 Å². The standard InChI is InChI=1S/C14H20FN3O2/c15-10-4-5-11(12(13(10)16)14(19)20)17-6-9-18-7-2-1-3-8-18/h4-5,17H,1-3,6-9,16H2,(H,19,20). The van der Waals surface area contributed by atoms with Crippen LogP contribution in [0.4, 0.5) is 15.8 Å². The number of anilines is 2. The molecule has 5 nitrogen and oxygen atoms in total. The van der Waals surface area contributed by atoms with Crippen molar-refractivity contribution in [2.45, 2.75) is 19.3 Å². The maximum absolute atomic E-state index is 13.3. The fourth-order valence-corrected chi connectivity index (χ4v) is 2.50. The largest absolute Gasteiger partial charge is 0.478 e. The zero-order valence-electron chi connectivity index (χ0n) is 11.4. The van der Waals surface area contributed by atoms with Crippen LogP contribution in [0.2, 0.25) is 0 Å². The summed E-state index contributed by atoms with van der Waals surface area (Å²) in [6, 6.07) is 2.61. The second kappa shape index (κ2) is 6.56. The molecule has 0 aliphatic carbocycles. The van der Waals surface area contributed by atoms with Crippen LogP contribution >= 0.6 is 0 Å². The van der Waals surface area contributed by atoms with Crippen LogP contribution in [0, 0.1) is 5.82 Å². The Morgan fingerprint density at radius 2 is 2.05 bits per heavy atom. The molecule has 0 spiro atoms. The fraction of sp³-hybridized carbons (Fsp3) is 0.500. The molecule has 0 amide bonds. The van der Waals surface area contributed by atoms with Crippen LogP contribution in [0.25, 0.3) is 0 Å². The summed E-state index contributed by atoms with van der Waals surface area (Å²) in [5, 5.41) is 12.2. The van der Waals surface area contributed by atoms with E-state index in [0.717, 1.165) is 19.6 Å². The average molecular weight is 281 g/mol. The molecule has 0 bridgehead atoms. The molecule has 0 aromatic heterocycles. The van der Waals surface area contributed by atoms with E-state index in [1.807, 2.05) is 0 Å². The van der Waals surface area contributed by atoms with Gasteiger partial charge in [0, 0.05) is 13.1 Å². The second-order valence-electron chi connectivity index (χ2n) is 5.02. The lowest BCUT2D eigenvalue weighted by atomic mass is 10.1. The number of hydrogen-bond acceptors (Lipinski definition) is 4. The summed E-state index contributed by atoms with van der Waals surface area (Å²) in [4.78, 5) is 13.5. The van der Waals surface area contributed by atoms with Gasteiger partial charge < -0.3 is 21.1 Å². The van der Waals surface area contributed by atoms with Crippen molar-refractivity contribution in [1.29, 1.82) is 0 Å². The Bertz CT molecular complexity index is 488. The van der Waals surface area contributed by atoms with Crippen LogP contribution in [0.15, 0.2) is 12.1 Å². The maximum atomic E-state index is 13.3. The SMILES string of the molecule is Nc1c(F)ccc(NCCN2CCCCC2)c1C(=O)O. The molecule has 1 aromatic carbocycles. The second-order valence-corrected chi connectivity index (χ2v) is 5.02. The van der Waals surface area contributed by atoms with Crippen molar-refractivity contribution in [3.63, 3.8) is 0 Å². The number of likely N-dealkylation sites (tertiary alicyclic amines) is 1. The van der Waals surface area contributed by atoms with E-state index in [2.05, 4.69) is 10.2 Å². The van der Waals surface area contributed by atoms with Crippen LogP contribution in [0.3, 0.4) is 0 Å².